The molecule has 0 amide bonds. The van der Waals surface area contributed by atoms with Crippen LogP contribution in [0.4, 0.5) is 10.1 Å². The van der Waals surface area contributed by atoms with E-state index in [1.165, 1.54) is 11.6 Å². The van der Waals surface area contributed by atoms with Crippen molar-refractivity contribution in [3.05, 3.63) is 64.4 Å². The summed E-state index contributed by atoms with van der Waals surface area (Å²) in [5.41, 5.74) is 2.15. The summed E-state index contributed by atoms with van der Waals surface area (Å²) in [4.78, 5) is 4.69. The van der Waals surface area contributed by atoms with Gasteiger partial charge in [0.1, 0.15) is 5.82 Å². The zero-order valence-electron chi connectivity index (χ0n) is 11.2. The monoisotopic (exact) mass is 364 g/mol. The van der Waals surface area contributed by atoms with Gasteiger partial charge in [-0.2, -0.15) is 0 Å². The summed E-state index contributed by atoms with van der Waals surface area (Å²) in [5.74, 6) is 0.711. The van der Waals surface area contributed by atoms with Gasteiger partial charge >= 0.3 is 0 Å². The molecule has 3 rings (SSSR count). The minimum atomic E-state index is -0.261. The van der Waals surface area contributed by atoms with E-state index in [2.05, 4.69) is 45.5 Å². The van der Waals surface area contributed by atoms with Crippen molar-refractivity contribution in [2.45, 2.75) is 12.5 Å². The maximum atomic E-state index is 13.2. The number of halogens is 2. The highest BCUT2D eigenvalue weighted by Crippen LogP contribution is 2.25. The Kier molecular flexibility index (Phi) is 4.60. The largest absolute Gasteiger partial charge is 0.335 e. The first kappa shape index (κ1) is 14.6. The summed E-state index contributed by atoms with van der Waals surface area (Å²) in [7, 11) is 0. The number of amidine groups is 1. The lowest BCUT2D eigenvalue weighted by molar-refractivity contribution is 0.621. The van der Waals surface area contributed by atoms with Crippen LogP contribution in [-0.2, 0) is 6.42 Å². The van der Waals surface area contributed by atoms with E-state index in [1.54, 1.807) is 23.9 Å². The molecule has 108 valence electrons. The topological polar surface area (TPSA) is 24.4 Å². The second-order valence-electron chi connectivity index (χ2n) is 4.84. The lowest BCUT2D eigenvalue weighted by Crippen LogP contribution is -2.08. The Morgan fingerprint density at radius 1 is 1.24 bits per heavy atom. The molecule has 1 atom stereocenters. The van der Waals surface area contributed by atoms with E-state index in [4.69, 9.17) is 4.99 Å². The molecule has 1 heterocycles. The molecule has 1 unspecified atom stereocenters. The smallest absolute Gasteiger partial charge is 0.161 e. The van der Waals surface area contributed by atoms with Crippen LogP contribution in [0.3, 0.4) is 0 Å². The lowest BCUT2D eigenvalue weighted by Gasteiger charge is -2.06. The Morgan fingerprint density at radius 2 is 2.05 bits per heavy atom. The van der Waals surface area contributed by atoms with Crippen molar-refractivity contribution in [3.8, 4) is 0 Å². The molecule has 0 aliphatic carbocycles. The van der Waals surface area contributed by atoms with Crippen LogP contribution in [0.5, 0.6) is 0 Å². The molecule has 21 heavy (non-hydrogen) atoms. The summed E-state index contributed by atoms with van der Waals surface area (Å²) in [6.07, 6.45) is 0.951. The van der Waals surface area contributed by atoms with Crippen molar-refractivity contribution in [2.24, 2.45) is 4.99 Å². The molecule has 5 heteroatoms. The SMILES string of the molecule is Fc1ccc(NC2=NC(Cc3ccccc3)CS2)cc1Br. The Labute approximate surface area is 136 Å². The van der Waals surface area contributed by atoms with Gasteiger partial charge in [0.25, 0.3) is 0 Å². The van der Waals surface area contributed by atoms with E-state index in [1.807, 2.05) is 6.07 Å². The Hall–Kier alpha value is -1.33. The van der Waals surface area contributed by atoms with Crippen molar-refractivity contribution in [1.29, 1.82) is 0 Å². The predicted octanol–water partition coefficient (Wildman–Crippen LogP) is 4.71. The molecule has 0 saturated carbocycles. The van der Waals surface area contributed by atoms with Crippen LogP contribution < -0.4 is 5.32 Å². The fourth-order valence-corrected chi connectivity index (χ4v) is 3.51. The highest BCUT2D eigenvalue weighted by atomic mass is 79.9. The Morgan fingerprint density at radius 3 is 2.81 bits per heavy atom. The van der Waals surface area contributed by atoms with Crippen molar-refractivity contribution in [1.82, 2.24) is 0 Å². The Bertz CT molecular complexity index is 661. The van der Waals surface area contributed by atoms with Crippen molar-refractivity contribution >= 4 is 38.5 Å². The van der Waals surface area contributed by atoms with Crippen LogP contribution in [0.1, 0.15) is 5.56 Å². The molecule has 2 nitrogen and oxygen atoms in total. The first-order chi connectivity index (χ1) is 10.2. The number of hydrogen-bond donors (Lipinski definition) is 1. The van der Waals surface area contributed by atoms with Crippen LogP contribution in [0.25, 0.3) is 0 Å². The summed E-state index contributed by atoms with van der Waals surface area (Å²) in [5, 5.41) is 4.14. The number of aliphatic imine (C=N–C) groups is 1. The van der Waals surface area contributed by atoms with E-state index in [0.29, 0.717) is 10.5 Å². The van der Waals surface area contributed by atoms with Gasteiger partial charge in [0.15, 0.2) is 5.17 Å². The van der Waals surface area contributed by atoms with Gasteiger partial charge in [0, 0.05) is 11.4 Å². The second kappa shape index (κ2) is 6.62. The molecule has 0 aromatic heterocycles. The van der Waals surface area contributed by atoms with Crippen LogP contribution >= 0.6 is 27.7 Å². The van der Waals surface area contributed by atoms with Gasteiger partial charge in [-0.3, -0.25) is 4.99 Å². The molecular weight excluding hydrogens is 351 g/mol. The second-order valence-corrected chi connectivity index (χ2v) is 6.71. The zero-order chi connectivity index (χ0) is 14.7. The first-order valence-electron chi connectivity index (χ1n) is 6.67. The first-order valence-corrected chi connectivity index (χ1v) is 8.45. The fraction of sp³-hybridized carbons (Fsp3) is 0.188. The maximum absolute atomic E-state index is 13.2. The molecule has 1 aliphatic rings. The van der Waals surface area contributed by atoms with E-state index < -0.39 is 0 Å². The number of benzene rings is 2. The van der Waals surface area contributed by atoms with Gasteiger partial charge in [-0.15, -0.1) is 0 Å². The number of nitrogens with one attached hydrogen (secondary N) is 1. The third-order valence-corrected chi connectivity index (χ3v) is 4.84. The molecule has 2 aromatic carbocycles. The molecular formula is C16H14BrFN2S. The third-order valence-electron chi connectivity index (χ3n) is 3.20. The number of anilines is 1. The average molecular weight is 365 g/mol. The minimum absolute atomic E-state index is 0.261. The average Bonchev–Trinajstić information content (AvgIpc) is 2.91. The van der Waals surface area contributed by atoms with E-state index >= 15 is 0 Å². The molecule has 0 saturated heterocycles. The van der Waals surface area contributed by atoms with E-state index in [0.717, 1.165) is 23.0 Å². The summed E-state index contributed by atoms with van der Waals surface area (Å²) < 4.78 is 13.7. The molecule has 0 spiro atoms. The molecule has 0 fully saturated rings. The summed E-state index contributed by atoms with van der Waals surface area (Å²) >= 11 is 4.89. The van der Waals surface area contributed by atoms with Gasteiger partial charge in [0.2, 0.25) is 0 Å². The number of nitrogens with zero attached hydrogens (tertiary/aromatic N) is 1. The highest BCUT2D eigenvalue weighted by Gasteiger charge is 2.18. The highest BCUT2D eigenvalue weighted by molar-refractivity contribution is 9.10. The van der Waals surface area contributed by atoms with Gasteiger partial charge < -0.3 is 5.32 Å². The molecule has 0 bridgehead atoms. The summed E-state index contributed by atoms with van der Waals surface area (Å²) in [6.45, 7) is 0. The van der Waals surface area contributed by atoms with Crippen LogP contribution in [-0.4, -0.2) is 17.0 Å². The van der Waals surface area contributed by atoms with Gasteiger partial charge in [-0.25, -0.2) is 4.39 Å². The molecule has 0 radical (unpaired) electrons. The van der Waals surface area contributed by atoms with Crippen LogP contribution in [0.2, 0.25) is 0 Å². The standard InChI is InChI=1S/C16H14BrFN2S/c17-14-9-12(6-7-15(14)18)19-16-20-13(10-21-16)8-11-4-2-1-3-5-11/h1-7,9,13H,8,10H2,(H,19,20). The molecule has 2 aromatic rings. The number of rotatable bonds is 3. The minimum Gasteiger partial charge on any atom is -0.335 e. The quantitative estimate of drug-likeness (QED) is 0.852. The normalized spacial score (nSPS) is 17.6. The van der Waals surface area contributed by atoms with E-state index in [9.17, 15) is 4.39 Å². The molecule has 1 N–H and O–H groups in total. The van der Waals surface area contributed by atoms with Crippen molar-refractivity contribution in [3.63, 3.8) is 0 Å². The van der Waals surface area contributed by atoms with Crippen LogP contribution in [0.15, 0.2) is 58.0 Å². The summed E-state index contributed by atoms with van der Waals surface area (Å²) in [6, 6.07) is 15.6. The van der Waals surface area contributed by atoms with Crippen molar-refractivity contribution in [2.75, 3.05) is 11.1 Å². The predicted molar refractivity (Wildman–Crippen MR) is 91.5 cm³/mol. The maximum Gasteiger partial charge on any atom is 0.161 e. The fourth-order valence-electron chi connectivity index (χ4n) is 2.17. The van der Waals surface area contributed by atoms with Crippen LogP contribution in [0, 0.1) is 5.82 Å². The number of hydrogen-bond acceptors (Lipinski definition) is 3. The molecule has 1 aliphatic heterocycles. The zero-order valence-corrected chi connectivity index (χ0v) is 13.6. The van der Waals surface area contributed by atoms with Crippen molar-refractivity contribution < 1.29 is 4.39 Å². The van der Waals surface area contributed by atoms with Gasteiger partial charge in [0.05, 0.1) is 10.5 Å². The van der Waals surface area contributed by atoms with E-state index in [-0.39, 0.29) is 5.82 Å². The van der Waals surface area contributed by atoms with Gasteiger partial charge in [-0.1, -0.05) is 42.1 Å². The lowest BCUT2D eigenvalue weighted by atomic mass is 10.1. The third kappa shape index (κ3) is 3.86. The number of thioether (sulfide) groups is 1. The van der Waals surface area contributed by atoms with Gasteiger partial charge in [-0.05, 0) is 46.1 Å². The Balaban J connectivity index is 1.64.